The minimum Gasteiger partial charge on any atom is -0.480 e. The molecule has 11 heteroatoms. The lowest BCUT2D eigenvalue weighted by atomic mass is 10.3. The summed E-state index contributed by atoms with van der Waals surface area (Å²) in [5, 5.41) is 17.0. The summed E-state index contributed by atoms with van der Waals surface area (Å²) in [6.07, 6.45) is 0. The van der Waals surface area contributed by atoms with E-state index >= 15 is 0 Å². The fourth-order valence-corrected chi connectivity index (χ4v) is 1.05. The van der Waals surface area contributed by atoms with Gasteiger partial charge in [0.15, 0.2) is 0 Å². The molecular formula is C11H19N5O6. The Bertz CT molecular complexity index is 450. The average Bonchev–Trinajstić information content (AvgIpc) is 2.45. The molecule has 0 aromatic rings. The second kappa shape index (κ2) is 10.1. The van der Waals surface area contributed by atoms with Crippen LogP contribution in [0.4, 0.5) is 0 Å². The second-order valence-electron chi connectivity index (χ2n) is 4.23. The molecule has 124 valence electrons. The molecule has 0 aliphatic heterocycles. The molecule has 4 amide bonds. The molecule has 0 bridgehead atoms. The Morgan fingerprint density at radius 3 is 1.55 bits per heavy atom. The Hall–Kier alpha value is -2.69. The van der Waals surface area contributed by atoms with Gasteiger partial charge in [0.2, 0.25) is 23.6 Å². The highest BCUT2D eigenvalue weighted by atomic mass is 16.4. The molecule has 1 atom stereocenters. The second-order valence-corrected chi connectivity index (χ2v) is 4.23. The molecule has 0 rings (SSSR count). The van der Waals surface area contributed by atoms with E-state index in [0.29, 0.717) is 0 Å². The largest absolute Gasteiger partial charge is 0.480 e. The molecule has 0 aliphatic rings. The molecule has 0 saturated heterocycles. The minimum absolute atomic E-state index is 0.327. The van der Waals surface area contributed by atoms with Crippen molar-refractivity contribution in [3.8, 4) is 0 Å². The molecular weight excluding hydrogens is 298 g/mol. The Morgan fingerprint density at radius 1 is 0.818 bits per heavy atom. The SMILES string of the molecule is CC(N)C(=O)NCC(=O)NCC(=O)NCC(=O)NCC(=O)O. The molecule has 22 heavy (non-hydrogen) atoms. The van der Waals surface area contributed by atoms with Crippen molar-refractivity contribution in [2.45, 2.75) is 13.0 Å². The zero-order chi connectivity index (χ0) is 17.1. The summed E-state index contributed by atoms with van der Waals surface area (Å²) in [6.45, 7) is -0.226. The lowest BCUT2D eigenvalue weighted by molar-refractivity contribution is -0.137. The normalized spacial score (nSPS) is 11.0. The summed E-state index contributed by atoms with van der Waals surface area (Å²) in [5.74, 6) is -3.63. The number of hydrogen-bond acceptors (Lipinski definition) is 6. The van der Waals surface area contributed by atoms with Gasteiger partial charge >= 0.3 is 5.97 Å². The lowest BCUT2D eigenvalue weighted by Gasteiger charge is -2.09. The maximum absolute atomic E-state index is 11.3. The average molecular weight is 317 g/mol. The van der Waals surface area contributed by atoms with Crippen LogP contribution in [0.1, 0.15) is 6.92 Å². The first-order chi connectivity index (χ1) is 10.2. The van der Waals surface area contributed by atoms with Crippen molar-refractivity contribution in [2.24, 2.45) is 5.73 Å². The van der Waals surface area contributed by atoms with Crippen LogP contribution in [0, 0.1) is 0 Å². The predicted octanol–water partition coefficient (Wildman–Crippen LogP) is -4.12. The van der Waals surface area contributed by atoms with Crippen LogP contribution in [0.15, 0.2) is 0 Å². The first-order valence-corrected chi connectivity index (χ1v) is 6.27. The van der Waals surface area contributed by atoms with Crippen LogP contribution in [-0.4, -0.2) is 66.9 Å². The van der Waals surface area contributed by atoms with Crippen LogP contribution in [0.25, 0.3) is 0 Å². The smallest absolute Gasteiger partial charge is 0.322 e. The summed E-state index contributed by atoms with van der Waals surface area (Å²) in [4.78, 5) is 55.0. The standard InChI is InChI=1S/C11H19N5O6/c1-6(12)11(22)16-4-9(19)14-2-7(17)13-3-8(18)15-5-10(20)21/h6H,2-5,12H2,1H3,(H,13,17)(H,14,19)(H,15,18)(H,16,22)(H,20,21). The molecule has 0 spiro atoms. The number of amides is 4. The van der Waals surface area contributed by atoms with Crippen LogP contribution in [0.5, 0.6) is 0 Å². The van der Waals surface area contributed by atoms with Gasteiger partial charge in [-0.25, -0.2) is 0 Å². The number of carboxylic acid groups (broad SMARTS) is 1. The van der Waals surface area contributed by atoms with E-state index in [-0.39, 0.29) is 13.1 Å². The van der Waals surface area contributed by atoms with Crippen molar-refractivity contribution >= 4 is 29.6 Å². The molecule has 0 aromatic heterocycles. The molecule has 1 unspecified atom stereocenters. The van der Waals surface area contributed by atoms with E-state index in [1.54, 1.807) is 0 Å². The Balaban J connectivity index is 3.80. The number of carboxylic acids is 1. The topological polar surface area (TPSA) is 180 Å². The molecule has 0 heterocycles. The zero-order valence-electron chi connectivity index (χ0n) is 12.0. The van der Waals surface area contributed by atoms with Crippen molar-refractivity contribution in [3.05, 3.63) is 0 Å². The summed E-state index contributed by atoms with van der Waals surface area (Å²) in [6, 6.07) is -0.750. The van der Waals surface area contributed by atoms with Crippen LogP contribution in [0.2, 0.25) is 0 Å². The van der Waals surface area contributed by atoms with Gasteiger partial charge in [-0.05, 0) is 6.92 Å². The van der Waals surface area contributed by atoms with Gasteiger partial charge in [0.05, 0.1) is 25.7 Å². The molecule has 0 aliphatic carbocycles. The number of nitrogens with two attached hydrogens (primary N) is 1. The zero-order valence-corrected chi connectivity index (χ0v) is 12.0. The highest BCUT2D eigenvalue weighted by Crippen LogP contribution is 1.75. The highest BCUT2D eigenvalue weighted by Gasteiger charge is 2.11. The number of carbonyl (C=O) groups excluding carboxylic acids is 4. The van der Waals surface area contributed by atoms with Crippen molar-refractivity contribution in [1.29, 1.82) is 0 Å². The molecule has 0 saturated carbocycles. The quantitative estimate of drug-likeness (QED) is 0.250. The Kier molecular flexibility index (Phi) is 8.86. The third-order valence-electron chi connectivity index (χ3n) is 2.17. The van der Waals surface area contributed by atoms with E-state index in [1.807, 2.05) is 5.32 Å². The van der Waals surface area contributed by atoms with Gasteiger partial charge in [0.25, 0.3) is 0 Å². The van der Waals surface area contributed by atoms with Crippen molar-refractivity contribution in [1.82, 2.24) is 21.3 Å². The number of rotatable bonds is 9. The van der Waals surface area contributed by atoms with Gasteiger partial charge < -0.3 is 32.1 Å². The van der Waals surface area contributed by atoms with Crippen LogP contribution in [-0.2, 0) is 24.0 Å². The molecule has 7 N–H and O–H groups in total. The summed E-state index contributed by atoms with van der Waals surface area (Å²) < 4.78 is 0. The maximum Gasteiger partial charge on any atom is 0.322 e. The van der Waals surface area contributed by atoms with E-state index in [2.05, 4.69) is 16.0 Å². The van der Waals surface area contributed by atoms with Gasteiger partial charge in [-0.1, -0.05) is 0 Å². The summed E-state index contributed by atoms with van der Waals surface area (Å²) in [5.41, 5.74) is 5.27. The van der Waals surface area contributed by atoms with Gasteiger partial charge in [-0.3, -0.25) is 24.0 Å². The van der Waals surface area contributed by atoms with Crippen LogP contribution >= 0.6 is 0 Å². The summed E-state index contributed by atoms with van der Waals surface area (Å²) in [7, 11) is 0. The minimum atomic E-state index is -1.21. The molecule has 0 fully saturated rings. The van der Waals surface area contributed by atoms with Gasteiger partial charge in [-0.2, -0.15) is 0 Å². The van der Waals surface area contributed by atoms with E-state index in [9.17, 15) is 24.0 Å². The fraction of sp³-hybridized carbons (Fsp3) is 0.545. The highest BCUT2D eigenvalue weighted by molar-refractivity contribution is 5.91. The maximum atomic E-state index is 11.3. The lowest BCUT2D eigenvalue weighted by Crippen LogP contribution is -2.46. The molecule has 0 aromatic carbocycles. The van der Waals surface area contributed by atoms with Gasteiger partial charge in [0, 0.05) is 0 Å². The Morgan fingerprint density at radius 2 is 1.18 bits per heavy atom. The van der Waals surface area contributed by atoms with Crippen molar-refractivity contribution in [2.75, 3.05) is 26.2 Å². The fourth-order valence-electron chi connectivity index (χ4n) is 1.05. The summed E-state index contributed by atoms with van der Waals surface area (Å²) >= 11 is 0. The van der Waals surface area contributed by atoms with Gasteiger partial charge in [0.1, 0.15) is 6.54 Å². The van der Waals surface area contributed by atoms with E-state index < -0.39 is 48.7 Å². The molecule has 11 nitrogen and oxygen atoms in total. The third-order valence-corrected chi connectivity index (χ3v) is 2.17. The predicted molar refractivity (Wildman–Crippen MR) is 73.3 cm³/mol. The first kappa shape index (κ1) is 19.3. The van der Waals surface area contributed by atoms with Crippen molar-refractivity contribution < 1.29 is 29.1 Å². The van der Waals surface area contributed by atoms with Crippen LogP contribution in [0.3, 0.4) is 0 Å². The molecule has 0 radical (unpaired) electrons. The number of hydrogen-bond donors (Lipinski definition) is 6. The third kappa shape index (κ3) is 10.1. The van der Waals surface area contributed by atoms with Crippen LogP contribution < -0.4 is 27.0 Å². The van der Waals surface area contributed by atoms with E-state index in [0.717, 1.165) is 0 Å². The van der Waals surface area contributed by atoms with E-state index in [4.69, 9.17) is 10.8 Å². The monoisotopic (exact) mass is 317 g/mol. The Labute approximate surface area is 126 Å². The van der Waals surface area contributed by atoms with E-state index in [1.165, 1.54) is 6.92 Å². The number of nitrogens with one attached hydrogen (secondary N) is 4. The number of carbonyl (C=O) groups is 5. The number of aliphatic carboxylic acids is 1. The van der Waals surface area contributed by atoms with Crippen molar-refractivity contribution in [3.63, 3.8) is 0 Å². The first-order valence-electron chi connectivity index (χ1n) is 6.27. The van der Waals surface area contributed by atoms with Gasteiger partial charge in [-0.15, -0.1) is 0 Å².